The van der Waals surface area contributed by atoms with E-state index < -0.39 is 0 Å². The van der Waals surface area contributed by atoms with Gasteiger partial charge in [-0.2, -0.15) is 14.5 Å². The fraction of sp³-hybridized carbons (Fsp3) is 0.773. The van der Waals surface area contributed by atoms with Crippen LogP contribution in [0.1, 0.15) is 76.5 Å². The van der Waals surface area contributed by atoms with Gasteiger partial charge in [-0.25, -0.2) is 0 Å². The van der Waals surface area contributed by atoms with Crippen LogP contribution in [-0.4, -0.2) is 68.0 Å². The normalized spacial score (nSPS) is 26.1. The van der Waals surface area contributed by atoms with E-state index in [-0.39, 0.29) is 36.4 Å². The first-order valence-electron chi connectivity index (χ1n) is 11.9. The van der Waals surface area contributed by atoms with E-state index in [0.717, 1.165) is 62.8 Å². The standard InChI is InChI=1S/C22H35N7O.2ClH.H2O/c1-15-14-28(12-11-23-15)20-13-19(24-17-7-9-18(30)10-8-17)25-22-26-21(27-29(20)22)16-5-3-2-4-6-16;;;/h13,15-18,23,30H,2-12,14H2,1H3,(H,24,25,26,27);2*1H;1H2. The number of hydrogen-bond acceptors (Lipinski definition) is 7. The molecule has 33 heavy (non-hydrogen) atoms. The average molecular weight is 505 g/mol. The molecule has 0 radical (unpaired) electrons. The molecule has 9 nitrogen and oxygen atoms in total. The molecule has 3 fully saturated rings. The van der Waals surface area contributed by atoms with Crippen LogP contribution in [0, 0.1) is 0 Å². The Morgan fingerprint density at radius 2 is 1.76 bits per heavy atom. The van der Waals surface area contributed by atoms with Gasteiger partial charge in [0.05, 0.1) is 6.10 Å². The van der Waals surface area contributed by atoms with Crippen LogP contribution in [0.3, 0.4) is 0 Å². The second kappa shape index (κ2) is 12.4. The molecular weight excluding hydrogens is 465 g/mol. The third kappa shape index (κ3) is 6.39. The minimum Gasteiger partial charge on any atom is -0.412 e. The molecular formula is C22H39Cl2N7O2. The summed E-state index contributed by atoms with van der Waals surface area (Å²) < 4.78 is 1.97. The molecule has 0 spiro atoms. The van der Waals surface area contributed by atoms with Gasteiger partial charge in [0, 0.05) is 43.7 Å². The van der Waals surface area contributed by atoms with Gasteiger partial charge >= 0.3 is 0 Å². The number of halogens is 2. The van der Waals surface area contributed by atoms with E-state index >= 15 is 0 Å². The van der Waals surface area contributed by atoms with Crippen molar-refractivity contribution >= 4 is 42.2 Å². The number of aliphatic hydroxyl groups is 1. The van der Waals surface area contributed by atoms with Gasteiger partial charge in [0.2, 0.25) is 0 Å². The zero-order valence-corrected chi connectivity index (χ0v) is 21.0. The second-order valence-corrected chi connectivity index (χ2v) is 9.47. The number of piperazine rings is 1. The molecule has 11 heteroatoms. The number of nitrogens with one attached hydrogen (secondary N) is 2. The predicted octanol–water partition coefficient (Wildman–Crippen LogP) is 2.70. The molecule has 2 aromatic heterocycles. The van der Waals surface area contributed by atoms with E-state index in [1.54, 1.807) is 0 Å². The van der Waals surface area contributed by atoms with Gasteiger partial charge in [0.15, 0.2) is 5.82 Å². The highest BCUT2D eigenvalue weighted by atomic mass is 35.5. The number of hydrogen-bond donors (Lipinski definition) is 3. The smallest absolute Gasteiger partial charge is 0.256 e. The summed E-state index contributed by atoms with van der Waals surface area (Å²) in [4.78, 5) is 12.2. The highest BCUT2D eigenvalue weighted by Crippen LogP contribution is 2.32. The monoisotopic (exact) mass is 503 g/mol. The summed E-state index contributed by atoms with van der Waals surface area (Å²) >= 11 is 0. The SMILES string of the molecule is CC1CN(c2cc(NC3CCC(O)CC3)nc3nc(C4CCCCC4)nn23)CCN1.Cl.Cl.O. The molecule has 2 aromatic rings. The molecule has 1 saturated heterocycles. The molecule has 0 bridgehead atoms. The Morgan fingerprint density at radius 3 is 2.45 bits per heavy atom. The van der Waals surface area contributed by atoms with E-state index in [1.165, 1.54) is 32.1 Å². The Bertz CT molecular complexity index is 870. The van der Waals surface area contributed by atoms with Crippen LogP contribution >= 0.6 is 24.8 Å². The molecule has 5 N–H and O–H groups in total. The van der Waals surface area contributed by atoms with Crippen LogP contribution in [0.4, 0.5) is 11.6 Å². The van der Waals surface area contributed by atoms with Gasteiger partial charge in [-0.15, -0.1) is 29.9 Å². The lowest BCUT2D eigenvalue weighted by Crippen LogP contribution is -2.49. The molecule has 2 aliphatic carbocycles. The zero-order chi connectivity index (χ0) is 20.5. The summed E-state index contributed by atoms with van der Waals surface area (Å²) in [5.41, 5.74) is 0. The summed E-state index contributed by atoms with van der Waals surface area (Å²) in [5, 5.41) is 21.9. The first kappa shape index (κ1) is 27.9. The van der Waals surface area contributed by atoms with Crippen LogP contribution in [0.2, 0.25) is 0 Å². The quantitative estimate of drug-likeness (QED) is 0.585. The fourth-order valence-corrected chi connectivity index (χ4v) is 5.27. The van der Waals surface area contributed by atoms with E-state index in [2.05, 4.69) is 28.5 Å². The van der Waals surface area contributed by atoms with Crippen molar-refractivity contribution in [3.8, 4) is 0 Å². The van der Waals surface area contributed by atoms with Crippen molar-refractivity contribution < 1.29 is 10.6 Å². The first-order chi connectivity index (χ1) is 14.7. The first-order valence-corrected chi connectivity index (χ1v) is 11.9. The maximum absolute atomic E-state index is 9.82. The Balaban J connectivity index is 0.00000128. The van der Waals surface area contributed by atoms with E-state index in [9.17, 15) is 5.11 Å². The lowest BCUT2D eigenvalue weighted by Gasteiger charge is -2.33. The largest absolute Gasteiger partial charge is 0.412 e. The Labute approximate surface area is 208 Å². The van der Waals surface area contributed by atoms with Gasteiger partial charge in [-0.3, -0.25) is 0 Å². The maximum atomic E-state index is 9.82. The molecule has 1 unspecified atom stereocenters. The summed E-state index contributed by atoms with van der Waals surface area (Å²) in [6, 6.07) is 2.95. The number of rotatable bonds is 4. The Hall–Kier alpha value is -1.39. The molecule has 1 atom stereocenters. The summed E-state index contributed by atoms with van der Waals surface area (Å²) in [6.45, 7) is 5.11. The summed E-state index contributed by atoms with van der Waals surface area (Å²) in [5.74, 6) is 4.10. The minimum absolute atomic E-state index is 0. The molecule has 3 aliphatic rings. The average Bonchev–Trinajstić information content (AvgIpc) is 3.20. The van der Waals surface area contributed by atoms with E-state index in [1.807, 2.05) is 4.52 Å². The molecule has 0 amide bonds. The van der Waals surface area contributed by atoms with Gasteiger partial charge in [-0.1, -0.05) is 19.3 Å². The molecule has 0 aromatic carbocycles. The Kier molecular flexibility index (Phi) is 10.4. The number of aliphatic hydroxyl groups excluding tert-OH is 1. The lowest BCUT2D eigenvalue weighted by atomic mass is 9.89. The highest BCUT2D eigenvalue weighted by Gasteiger charge is 2.26. The maximum Gasteiger partial charge on any atom is 0.256 e. The van der Waals surface area contributed by atoms with Crippen LogP contribution in [0.25, 0.3) is 5.78 Å². The minimum atomic E-state index is -0.147. The molecule has 1 aliphatic heterocycles. The number of aromatic nitrogens is 4. The summed E-state index contributed by atoms with van der Waals surface area (Å²) in [7, 11) is 0. The lowest BCUT2D eigenvalue weighted by molar-refractivity contribution is 0.126. The molecule has 2 saturated carbocycles. The second-order valence-electron chi connectivity index (χ2n) is 9.47. The van der Waals surface area contributed by atoms with Crippen LogP contribution in [0.5, 0.6) is 0 Å². The zero-order valence-electron chi connectivity index (χ0n) is 19.4. The Morgan fingerprint density at radius 1 is 1.03 bits per heavy atom. The van der Waals surface area contributed by atoms with Crippen molar-refractivity contribution in [3.05, 3.63) is 11.9 Å². The fourth-order valence-electron chi connectivity index (χ4n) is 5.27. The van der Waals surface area contributed by atoms with Gasteiger partial charge < -0.3 is 26.1 Å². The van der Waals surface area contributed by atoms with Crippen LogP contribution < -0.4 is 15.5 Å². The van der Waals surface area contributed by atoms with E-state index in [4.69, 9.17) is 15.1 Å². The third-order valence-corrected chi connectivity index (χ3v) is 7.02. The van der Waals surface area contributed by atoms with Crippen LogP contribution in [0.15, 0.2) is 6.07 Å². The van der Waals surface area contributed by atoms with Gasteiger partial charge in [-0.05, 0) is 45.4 Å². The number of fused-ring (bicyclic) bond motifs is 1. The molecule has 5 rings (SSSR count). The third-order valence-electron chi connectivity index (χ3n) is 7.02. The van der Waals surface area contributed by atoms with Crippen molar-refractivity contribution in [2.24, 2.45) is 0 Å². The number of nitrogens with zero attached hydrogens (tertiary/aromatic N) is 5. The number of anilines is 2. The molecule has 3 heterocycles. The molecule has 188 valence electrons. The van der Waals surface area contributed by atoms with Crippen molar-refractivity contribution in [2.45, 2.75) is 88.8 Å². The van der Waals surface area contributed by atoms with Crippen molar-refractivity contribution in [2.75, 3.05) is 29.9 Å². The summed E-state index contributed by atoms with van der Waals surface area (Å²) in [6.07, 6.45) is 9.78. The van der Waals surface area contributed by atoms with E-state index in [0.29, 0.717) is 23.8 Å². The van der Waals surface area contributed by atoms with Crippen molar-refractivity contribution in [1.82, 2.24) is 24.9 Å². The van der Waals surface area contributed by atoms with Crippen LogP contribution in [-0.2, 0) is 0 Å². The highest BCUT2D eigenvalue weighted by molar-refractivity contribution is 5.85. The van der Waals surface area contributed by atoms with Crippen molar-refractivity contribution in [1.29, 1.82) is 0 Å². The van der Waals surface area contributed by atoms with Crippen molar-refractivity contribution in [3.63, 3.8) is 0 Å². The topological polar surface area (TPSA) is 122 Å². The van der Waals surface area contributed by atoms with Gasteiger partial charge in [0.25, 0.3) is 5.78 Å². The predicted molar refractivity (Wildman–Crippen MR) is 136 cm³/mol. The van der Waals surface area contributed by atoms with Gasteiger partial charge in [0.1, 0.15) is 11.6 Å².